The van der Waals surface area contributed by atoms with Crippen LogP contribution in [-0.4, -0.2) is 26.9 Å². The first-order valence-corrected chi connectivity index (χ1v) is 8.89. The fourth-order valence-corrected chi connectivity index (χ4v) is 3.17. The zero-order chi connectivity index (χ0) is 18.6. The summed E-state index contributed by atoms with van der Waals surface area (Å²) in [5, 5.41) is 13.4. The van der Waals surface area contributed by atoms with Crippen molar-refractivity contribution in [2.24, 2.45) is 0 Å². The van der Waals surface area contributed by atoms with Crippen LogP contribution in [0.25, 0.3) is 4.96 Å². The van der Waals surface area contributed by atoms with Gasteiger partial charge in [0.1, 0.15) is 24.8 Å². The van der Waals surface area contributed by atoms with Gasteiger partial charge in [0, 0.05) is 0 Å². The average molecular weight is 386 g/mol. The SMILES string of the molecule is COc1ccccc1OCc1nn2c(COc3ccc(F)cc3)nnc2s1. The Balaban J connectivity index is 1.44. The van der Waals surface area contributed by atoms with Gasteiger partial charge in [-0.25, -0.2) is 4.39 Å². The Kier molecular flexibility index (Phi) is 4.84. The molecule has 0 aliphatic rings. The average Bonchev–Trinajstić information content (AvgIpc) is 3.27. The summed E-state index contributed by atoms with van der Waals surface area (Å²) in [7, 11) is 1.60. The molecule has 0 fully saturated rings. The van der Waals surface area contributed by atoms with Gasteiger partial charge in [0.25, 0.3) is 0 Å². The molecule has 4 aromatic rings. The number of para-hydroxylation sites is 2. The van der Waals surface area contributed by atoms with Crippen molar-refractivity contribution in [1.29, 1.82) is 0 Å². The van der Waals surface area contributed by atoms with Crippen molar-refractivity contribution >= 4 is 16.3 Å². The van der Waals surface area contributed by atoms with E-state index in [1.54, 1.807) is 23.8 Å². The molecule has 0 unspecified atom stereocenters. The minimum absolute atomic E-state index is 0.170. The Hall–Kier alpha value is -3.20. The van der Waals surface area contributed by atoms with E-state index in [1.165, 1.54) is 23.5 Å². The molecule has 0 N–H and O–H groups in total. The van der Waals surface area contributed by atoms with Gasteiger partial charge in [0.05, 0.1) is 7.11 Å². The smallest absolute Gasteiger partial charge is 0.234 e. The van der Waals surface area contributed by atoms with Crippen molar-refractivity contribution in [2.75, 3.05) is 7.11 Å². The van der Waals surface area contributed by atoms with E-state index >= 15 is 0 Å². The lowest BCUT2D eigenvalue weighted by Crippen LogP contribution is -2.03. The minimum atomic E-state index is -0.314. The van der Waals surface area contributed by atoms with Gasteiger partial charge >= 0.3 is 0 Å². The van der Waals surface area contributed by atoms with Gasteiger partial charge in [0.15, 0.2) is 22.3 Å². The maximum absolute atomic E-state index is 12.9. The predicted molar refractivity (Wildman–Crippen MR) is 96.7 cm³/mol. The van der Waals surface area contributed by atoms with E-state index in [0.717, 1.165) is 5.01 Å². The van der Waals surface area contributed by atoms with Crippen molar-refractivity contribution in [1.82, 2.24) is 19.8 Å². The number of benzene rings is 2. The van der Waals surface area contributed by atoms with Crippen LogP contribution in [-0.2, 0) is 13.2 Å². The van der Waals surface area contributed by atoms with E-state index in [9.17, 15) is 4.39 Å². The molecule has 9 heteroatoms. The minimum Gasteiger partial charge on any atom is -0.493 e. The van der Waals surface area contributed by atoms with Gasteiger partial charge in [-0.1, -0.05) is 23.5 Å². The van der Waals surface area contributed by atoms with Crippen molar-refractivity contribution in [3.8, 4) is 17.2 Å². The maximum Gasteiger partial charge on any atom is 0.234 e. The Morgan fingerprint density at radius 2 is 1.74 bits per heavy atom. The number of hydrogen-bond acceptors (Lipinski definition) is 7. The van der Waals surface area contributed by atoms with E-state index in [-0.39, 0.29) is 19.0 Å². The highest BCUT2D eigenvalue weighted by Gasteiger charge is 2.13. The molecule has 0 radical (unpaired) electrons. The van der Waals surface area contributed by atoms with E-state index in [2.05, 4.69) is 15.3 Å². The van der Waals surface area contributed by atoms with Crippen LogP contribution in [0.5, 0.6) is 17.2 Å². The van der Waals surface area contributed by atoms with Crippen LogP contribution in [0.3, 0.4) is 0 Å². The molecule has 2 aromatic carbocycles. The number of hydrogen-bond donors (Lipinski definition) is 0. The lowest BCUT2D eigenvalue weighted by atomic mass is 10.3. The zero-order valence-corrected chi connectivity index (χ0v) is 15.1. The predicted octanol–water partition coefficient (Wildman–Crippen LogP) is 3.49. The van der Waals surface area contributed by atoms with E-state index in [0.29, 0.717) is 28.0 Å². The van der Waals surface area contributed by atoms with Crippen LogP contribution in [0.2, 0.25) is 0 Å². The largest absolute Gasteiger partial charge is 0.493 e. The van der Waals surface area contributed by atoms with Crippen molar-refractivity contribution in [2.45, 2.75) is 13.2 Å². The zero-order valence-electron chi connectivity index (χ0n) is 14.3. The van der Waals surface area contributed by atoms with Gasteiger partial charge in [-0.05, 0) is 36.4 Å². The molecule has 138 valence electrons. The highest BCUT2D eigenvalue weighted by atomic mass is 32.1. The van der Waals surface area contributed by atoms with Gasteiger partial charge in [-0.2, -0.15) is 9.61 Å². The Labute approximate surface area is 158 Å². The van der Waals surface area contributed by atoms with Crippen molar-refractivity contribution in [3.63, 3.8) is 0 Å². The molecule has 7 nitrogen and oxygen atoms in total. The Morgan fingerprint density at radius 1 is 0.963 bits per heavy atom. The van der Waals surface area contributed by atoms with Crippen LogP contribution >= 0.6 is 11.3 Å². The molecule has 2 aromatic heterocycles. The highest BCUT2D eigenvalue weighted by Crippen LogP contribution is 2.27. The summed E-state index contributed by atoms with van der Waals surface area (Å²) in [4.78, 5) is 0.645. The summed E-state index contributed by atoms with van der Waals surface area (Å²) in [6.45, 7) is 0.454. The fraction of sp³-hybridized carbons (Fsp3) is 0.167. The lowest BCUT2D eigenvalue weighted by molar-refractivity contribution is 0.280. The molecule has 0 atom stereocenters. The monoisotopic (exact) mass is 386 g/mol. The molecule has 2 heterocycles. The number of rotatable bonds is 7. The van der Waals surface area contributed by atoms with Gasteiger partial charge in [-0.15, -0.1) is 10.2 Å². The quantitative estimate of drug-likeness (QED) is 0.484. The van der Waals surface area contributed by atoms with E-state index in [1.807, 2.05) is 24.3 Å². The second kappa shape index (κ2) is 7.58. The van der Waals surface area contributed by atoms with Crippen LogP contribution < -0.4 is 14.2 Å². The first kappa shape index (κ1) is 17.2. The fourth-order valence-electron chi connectivity index (χ4n) is 2.40. The topological polar surface area (TPSA) is 70.8 Å². The molecule has 27 heavy (non-hydrogen) atoms. The number of ether oxygens (including phenoxy) is 3. The van der Waals surface area contributed by atoms with Gasteiger partial charge in [-0.3, -0.25) is 0 Å². The second-order valence-electron chi connectivity index (χ2n) is 5.49. The number of methoxy groups -OCH3 is 1. The second-order valence-corrected chi connectivity index (χ2v) is 6.53. The summed E-state index contributed by atoms with van der Waals surface area (Å²) in [6.07, 6.45) is 0. The molecule has 0 bridgehead atoms. The highest BCUT2D eigenvalue weighted by molar-refractivity contribution is 7.16. The molecule has 0 aliphatic heterocycles. The third-order valence-electron chi connectivity index (χ3n) is 3.70. The normalized spacial score (nSPS) is 10.9. The standard InChI is InChI=1S/C18H15FN4O3S/c1-24-14-4-2-3-5-15(14)26-11-17-22-23-16(20-21-18(23)27-17)10-25-13-8-6-12(19)7-9-13/h2-9H,10-11H2,1H3. The van der Waals surface area contributed by atoms with Gasteiger partial charge < -0.3 is 14.2 Å². The third-order valence-corrected chi connectivity index (χ3v) is 4.57. The molecule has 0 aliphatic carbocycles. The number of aromatic nitrogens is 4. The van der Waals surface area contributed by atoms with Crippen molar-refractivity contribution < 1.29 is 18.6 Å². The van der Waals surface area contributed by atoms with Crippen LogP contribution in [0.15, 0.2) is 48.5 Å². The molecular weight excluding hydrogens is 371 g/mol. The summed E-state index contributed by atoms with van der Waals surface area (Å²) >= 11 is 1.38. The van der Waals surface area contributed by atoms with Crippen LogP contribution in [0.4, 0.5) is 4.39 Å². The van der Waals surface area contributed by atoms with Gasteiger partial charge in [0.2, 0.25) is 4.96 Å². The Morgan fingerprint density at radius 3 is 2.52 bits per heavy atom. The molecule has 0 spiro atoms. The summed E-state index contributed by atoms with van der Waals surface area (Å²) in [5.74, 6) is 2.09. The number of nitrogens with zero attached hydrogens (tertiary/aromatic N) is 4. The lowest BCUT2D eigenvalue weighted by Gasteiger charge is -2.08. The summed E-state index contributed by atoms with van der Waals surface area (Å²) < 4.78 is 31.2. The van der Waals surface area contributed by atoms with Crippen LogP contribution in [0.1, 0.15) is 10.8 Å². The first-order valence-electron chi connectivity index (χ1n) is 8.07. The number of halogens is 1. The maximum atomic E-state index is 12.9. The van der Waals surface area contributed by atoms with Crippen molar-refractivity contribution in [3.05, 3.63) is 65.2 Å². The molecule has 0 saturated carbocycles. The Bertz CT molecular complexity index is 1050. The number of fused-ring (bicyclic) bond motifs is 1. The third kappa shape index (κ3) is 3.82. The molecule has 0 saturated heterocycles. The molecule has 0 amide bonds. The summed E-state index contributed by atoms with van der Waals surface area (Å²) in [5.41, 5.74) is 0. The molecular formula is C18H15FN4O3S. The van der Waals surface area contributed by atoms with E-state index < -0.39 is 0 Å². The van der Waals surface area contributed by atoms with Crippen LogP contribution in [0, 0.1) is 5.82 Å². The summed E-state index contributed by atoms with van der Waals surface area (Å²) in [6, 6.07) is 13.2. The van der Waals surface area contributed by atoms with E-state index in [4.69, 9.17) is 14.2 Å². The first-order chi connectivity index (χ1) is 13.2. The molecule has 4 rings (SSSR count).